The van der Waals surface area contributed by atoms with E-state index in [1.165, 1.54) is 19.4 Å². The maximum atomic E-state index is 13.5. The molecule has 2 aromatic rings. The van der Waals surface area contributed by atoms with E-state index in [4.69, 9.17) is 4.74 Å². The Hall–Kier alpha value is -1.92. The molecule has 28 heavy (non-hydrogen) atoms. The highest BCUT2D eigenvalue weighted by Crippen LogP contribution is 2.38. The Morgan fingerprint density at radius 1 is 1.11 bits per heavy atom. The number of nitrogens with zero attached hydrogens (tertiary/aromatic N) is 1. The molecule has 2 aromatic carbocycles. The first-order valence-electron chi connectivity index (χ1n) is 9.68. The molecule has 2 atom stereocenters. The minimum atomic E-state index is -3.64. The summed E-state index contributed by atoms with van der Waals surface area (Å²) in [5, 5.41) is 1.49. The van der Waals surface area contributed by atoms with Gasteiger partial charge in [-0.2, -0.15) is 4.31 Å². The lowest BCUT2D eigenvalue weighted by Crippen LogP contribution is -2.41. The highest BCUT2D eigenvalue weighted by atomic mass is 32.2. The van der Waals surface area contributed by atoms with Crippen molar-refractivity contribution in [2.75, 3.05) is 6.54 Å². The number of sulfonamides is 1. The molecule has 2 aliphatic rings. The van der Waals surface area contributed by atoms with E-state index in [0.29, 0.717) is 18.2 Å². The Kier molecular flexibility index (Phi) is 6.10. The van der Waals surface area contributed by atoms with Crippen molar-refractivity contribution in [2.45, 2.75) is 56.4 Å². The fourth-order valence-electron chi connectivity index (χ4n) is 4.59. The standard InChI is InChI=1S/C21H25NO4S.CH2/c1-15(23)26-21-14-19(13-17-8-2-3-10-20(17)21)27(24,25)22-11-5-7-16-6-4-9-18(22)12-16;/h2-3,8,10,13-14,16,18H,4-7,9,11-12H2,1H3;1H2. The summed E-state index contributed by atoms with van der Waals surface area (Å²) in [5.74, 6) is 0.493. The third kappa shape index (κ3) is 3.94. The van der Waals surface area contributed by atoms with E-state index in [0.717, 1.165) is 42.9 Å². The lowest BCUT2D eigenvalue weighted by atomic mass is 9.84. The van der Waals surface area contributed by atoms with Gasteiger partial charge >= 0.3 is 5.97 Å². The van der Waals surface area contributed by atoms with Crippen molar-refractivity contribution < 1.29 is 17.9 Å². The molecule has 4 rings (SSSR count). The minimum Gasteiger partial charge on any atom is -0.426 e. The summed E-state index contributed by atoms with van der Waals surface area (Å²) >= 11 is 0. The molecule has 6 heteroatoms. The molecule has 2 bridgehead atoms. The molecular weight excluding hydrogens is 374 g/mol. The average molecular weight is 402 g/mol. The third-order valence-corrected chi connectivity index (χ3v) is 7.74. The average Bonchev–Trinajstić information content (AvgIpc) is 2.79. The molecule has 2 radical (unpaired) electrons. The molecule has 150 valence electrons. The van der Waals surface area contributed by atoms with Crippen LogP contribution in [0.4, 0.5) is 0 Å². The van der Waals surface area contributed by atoms with Gasteiger partial charge in [0.05, 0.1) is 4.90 Å². The first-order valence-corrected chi connectivity index (χ1v) is 11.1. The van der Waals surface area contributed by atoms with Gasteiger partial charge in [0.2, 0.25) is 10.0 Å². The zero-order chi connectivity index (χ0) is 19.0. The van der Waals surface area contributed by atoms with Crippen LogP contribution in [0.25, 0.3) is 10.8 Å². The maximum absolute atomic E-state index is 13.5. The van der Waals surface area contributed by atoms with Crippen LogP contribution in [-0.4, -0.2) is 31.3 Å². The van der Waals surface area contributed by atoms with Crippen molar-refractivity contribution in [3.05, 3.63) is 43.8 Å². The number of fused-ring (bicyclic) bond motifs is 3. The summed E-state index contributed by atoms with van der Waals surface area (Å²) < 4.78 is 34.1. The number of rotatable bonds is 3. The maximum Gasteiger partial charge on any atom is 0.308 e. The Balaban J connectivity index is 0.00000225. The molecule has 1 saturated carbocycles. The van der Waals surface area contributed by atoms with Crippen LogP contribution >= 0.6 is 0 Å². The molecule has 5 nitrogen and oxygen atoms in total. The fourth-order valence-corrected chi connectivity index (χ4v) is 6.35. The van der Waals surface area contributed by atoms with Gasteiger partial charge in [-0.05, 0) is 43.1 Å². The Bertz CT molecular complexity index is 970. The summed E-state index contributed by atoms with van der Waals surface area (Å²) in [6.07, 6.45) is 6.22. The minimum absolute atomic E-state index is 0. The predicted octanol–water partition coefficient (Wildman–Crippen LogP) is 4.44. The quantitative estimate of drug-likeness (QED) is 0.564. The number of carbonyl (C=O) groups excluding carboxylic acids is 1. The van der Waals surface area contributed by atoms with Gasteiger partial charge in [-0.25, -0.2) is 8.42 Å². The fraction of sp³-hybridized carbons (Fsp3) is 0.455. The molecule has 0 spiro atoms. The highest BCUT2D eigenvalue weighted by molar-refractivity contribution is 7.89. The first kappa shape index (κ1) is 20.8. The van der Waals surface area contributed by atoms with E-state index < -0.39 is 16.0 Å². The number of esters is 1. The zero-order valence-electron chi connectivity index (χ0n) is 16.3. The van der Waals surface area contributed by atoms with Gasteiger partial charge in [-0.1, -0.05) is 44.5 Å². The van der Waals surface area contributed by atoms with Gasteiger partial charge in [0.1, 0.15) is 5.75 Å². The van der Waals surface area contributed by atoms with E-state index in [9.17, 15) is 13.2 Å². The van der Waals surface area contributed by atoms with Crippen LogP contribution in [0, 0.1) is 13.3 Å². The second kappa shape index (κ2) is 8.21. The first-order chi connectivity index (χ1) is 12.9. The number of hydrogen-bond donors (Lipinski definition) is 0. The van der Waals surface area contributed by atoms with Gasteiger partial charge < -0.3 is 4.74 Å². The molecule has 1 aliphatic heterocycles. The van der Waals surface area contributed by atoms with E-state index in [2.05, 4.69) is 0 Å². The van der Waals surface area contributed by atoms with Crippen molar-refractivity contribution in [2.24, 2.45) is 5.92 Å². The third-order valence-electron chi connectivity index (χ3n) is 5.81. The van der Waals surface area contributed by atoms with Crippen LogP contribution in [-0.2, 0) is 14.8 Å². The molecule has 2 unspecified atom stereocenters. The summed E-state index contributed by atoms with van der Waals surface area (Å²) in [6.45, 7) is 1.89. The summed E-state index contributed by atoms with van der Waals surface area (Å²) in [4.78, 5) is 11.7. The van der Waals surface area contributed by atoms with Crippen molar-refractivity contribution in [1.29, 1.82) is 0 Å². The van der Waals surface area contributed by atoms with Gasteiger partial charge in [-0.3, -0.25) is 4.79 Å². The van der Waals surface area contributed by atoms with E-state index >= 15 is 0 Å². The Morgan fingerprint density at radius 3 is 2.64 bits per heavy atom. The second-order valence-corrected chi connectivity index (χ2v) is 9.57. The van der Waals surface area contributed by atoms with Crippen molar-refractivity contribution in [1.82, 2.24) is 4.31 Å². The normalized spacial score (nSPS) is 22.9. The molecule has 0 aromatic heterocycles. The van der Waals surface area contributed by atoms with E-state index in [1.54, 1.807) is 10.4 Å². The molecular formula is C22H27NO4S. The monoisotopic (exact) mass is 401 g/mol. The van der Waals surface area contributed by atoms with Crippen LogP contribution in [0.1, 0.15) is 45.4 Å². The van der Waals surface area contributed by atoms with Crippen molar-refractivity contribution in [3.63, 3.8) is 0 Å². The lowest BCUT2D eigenvalue weighted by molar-refractivity contribution is -0.131. The number of ether oxygens (including phenoxy) is 1. The van der Waals surface area contributed by atoms with Crippen molar-refractivity contribution in [3.8, 4) is 5.75 Å². The van der Waals surface area contributed by atoms with Crippen LogP contribution in [0.2, 0.25) is 0 Å². The number of hydrogen-bond acceptors (Lipinski definition) is 4. The van der Waals surface area contributed by atoms with Gasteiger partial charge in [0.25, 0.3) is 0 Å². The molecule has 1 heterocycles. The molecule has 1 aliphatic carbocycles. The Labute approximate surface area is 167 Å². The van der Waals surface area contributed by atoms with Crippen LogP contribution < -0.4 is 4.74 Å². The topological polar surface area (TPSA) is 63.7 Å². The number of carbonyl (C=O) groups is 1. The van der Waals surface area contributed by atoms with Crippen LogP contribution in [0.15, 0.2) is 41.3 Å². The lowest BCUT2D eigenvalue weighted by Gasteiger charge is -2.33. The molecule has 0 amide bonds. The summed E-state index contributed by atoms with van der Waals surface area (Å²) in [5.41, 5.74) is 0. The van der Waals surface area contributed by atoms with Crippen LogP contribution in [0.3, 0.4) is 0 Å². The summed E-state index contributed by atoms with van der Waals surface area (Å²) in [6, 6.07) is 10.7. The van der Waals surface area contributed by atoms with E-state index in [-0.39, 0.29) is 18.4 Å². The van der Waals surface area contributed by atoms with Crippen LogP contribution in [0.5, 0.6) is 5.75 Å². The second-order valence-electron chi connectivity index (χ2n) is 7.68. The molecule has 2 fully saturated rings. The van der Waals surface area contributed by atoms with Gasteiger partial charge in [0, 0.05) is 31.0 Å². The number of benzene rings is 2. The SMILES string of the molecule is CC(=O)Oc1cc(S(=O)(=O)N2CCCC3CCCC2C3)cc2ccccc12.[CH2]. The van der Waals surface area contributed by atoms with Gasteiger partial charge in [-0.15, -0.1) is 0 Å². The van der Waals surface area contributed by atoms with Crippen molar-refractivity contribution >= 4 is 26.8 Å². The smallest absolute Gasteiger partial charge is 0.308 e. The zero-order valence-corrected chi connectivity index (χ0v) is 17.1. The van der Waals surface area contributed by atoms with E-state index in [1.807, 2.05) is 24.3 Å². The predicted molar refractivity (Wildman–Crippen MR) is 109 cm³/mol. The molecule has 0 N–H and O–H groups in total. The summed E-state index contributed by atoms with van der Waals surface area (Å²) in [7, 11) is -3.64. The largest absolute Gasteiger partial charge is 0.426 e. The molecule has 1 saturated heterocycles. The Morgan fingerprint density at radius 2 is 1.86 bits per heavy atom. The highest BCUT2D eigenvalue weighted by Gasteiger charge is 2.37. The van der Waals surface area contributed by atoms with Gasteiger partial charge in [0.15, 0.2) is 0 Å².